The normalized spacial score (nSPS) is 11.3. The Morgan fingerprint density at radius 2 is 1.60 bits per heavy atom. The predicted molar refractivity (Wildman–Crippen MR) is 174 cm³/mol. The van der Waals surface area contributed by atoms with E-state index in [4.69, 9.17) is 9.47 Å². The first-order chi connectivity index (χ1) is 20.9. The number of likely N-dealkylation sites (N-methyl/N-ethyl adjacent to an activating group) is 1. The second-order valence-electron chi connectivity index (χ2n) is 10.6. The first-order valence-corrected chi connectivity index (χ1v) is 15.1. The van der Waals surface area contributed by atoms with Gasteiger partial charge in [0.15, 0.2) is 16.9 Å². The van der Waals surface area contributed by atoms with Crippen LogP contribution in [0.25, 0.3) is 20.2 Å². The topological polar surface area (TPSA) is 67.9 Å². The van der Waals surface area contributed by atoms with Gasteiger partial charge in [0.05, 0.1) is 24.5 Å². The summed E-state index contributed by atoms with van der Waals surface area (Å²) in [6.07, 6.45) is 4.06. The number of benzene rings is 4. The molecule has 0 unspecified atom stereocenters. The third-order valence-corrected chi connectivity index (χ3v) is 8.82. The summed E-state index contributed by atoms with van der Waals surface area (Å²) < 4.78 is 25.7. The van der Waals surface area contributed by atoms with E-state index >= 15 is 0 Å². The SMILES string of the molecule is COc1ccc(CCN(C)CCCCc2ccc(NC(=O)c3cccc4c(=O)c5cc(F)ccc5sc34)cc2)cc1OC. The van der Waals surface area contributed by atoms with Crippen molar-refractivity contribution in [2.45, 2.75) is 25.7 Å². The van der Waals surface area contributed by atoms with Crippen LogP contribution in [-0.4, -0.2) is 45.2 Å². The number of nitrogens with one attached hydrogen (secondary N) is 1. The molecule has 6 nitrogen and oxygen atoms in total. The fraction of sp³-hybridized carbons (Fsp3) is 0.257. The molecule has 0 atom stereocenters. The molecule has 1 heterocycles. The van der Waals surface area contributed by atoms with Crippen LogP contribution in [0.2, 0.25) is 0 Å². The van der Waals surface area contributed by atoms with E-state index in [2.05, 4.69) is 23.3 Å². The second-order valence-corrected chi connectivity index (χ2v) is 11.7. The summed E-state index contributed by atoms with van der Waals surface area (Å²) in [5.41, 5.74) is 3.28. The third kappa shape index (κ3) is 7.21. The van der Waals surface area contributed by atoms with E-state index in [9.17, 15) is 14.0 Å². The van der Waals surface area contributed by atoms with E-state index in [1.165, 1.54) is 34.6 Å². The van der Waals surface area contributed by atoms with Gasteiger partial charge in [-0.3, -0.25) is 9.59 Å². The summed E-state index contributed by atoms with van der Waals surface area (Å²) in [4.78, 5) is 28.5. The minimum Gasteiger partial charge on any atom is -0.493 e. The van der Waals surface area contributed by atoms with Crippen molar-refractivity contribution in [1.29, 1.82) is 0 Å². The standard InChI is InChI=1S/C35H35FN2O4S/c1-38(20-18-24-12-16-30(41-2)31(21-24)42-3)19-5-4-7-23-10-14-26(15-11-23)37-35(40)28-9-6-8-27-33(39)29-22-25(36)13-17-32(29)43-34(27)28/h6,8-17,21-22H,4-5,7,18-20H2,1-3H3,(H,37,40). The van der Waals surface area contributed by atoms with Crippen LogP contribution in [0.4, 0.5) is 10.1 Å². The molecule has 0 aliphatic rings. The summed E-state index contributed by atoms with van der Waals surface area (Å²) >= 11 is 1.32. The number of hydrogen-bond acceptors (Lipinski definition) is 6. The van der Waals surface area contributed by atoms with Crippen molar-refractivity contribution in [1.82, 2.24) is 4.90 Å². The number of halogens is 1. The smallest absolute Gasteiger partial charge is 0.257 e. The third-order valence-electron chi connectivity index (χ3n) is 7.60. The molecule has 1 aromatic heterocycles. The number of carbonyl (C=O) groups is 1. The number of methoxy groups -OCH3 is 2. The lowest BCUT2D eigenvalue weighted by Gasteiger charge is -2.17. The van der Waals surface area contributed by atoms with Gasteiger partial charge in [-0.05, 0) is 105 Å². The van der Waals surface area contributed by atoms with E-state index in [1.807, 2.05) is 36.4 Å². The Balaban J connectivity index is 1.12. The monoisotopic (exact) mass is 598 g/mol. The fourth-order valence-electron chi connectivity index (χ4n) is 5.16. The van der Waals surface area contributed by atoms with E-state index < -0.39 is 5.82 Å². The second kappa shape index (κ2) is 13.8. The van der Waals surface area contributed by atoms with Crippen LogP contribution in [0.1, 0.15) is 34.3 Å². The number of rotatable bonds is 12. The van der Waals surface area contributed by atoms with E-state index in [1.54, 1.807) is 38.5 Å². The quantitative estimate of drug-likeness (QED) is 0.120. The lowest BCUT2D eigenvalue weighted by Crippen LogP contribution is -2.22. The number of amides is 1. The fourth-order valence-corrected chi connectivity index (χ4v) is 6.32. The van der Waals surface area contributed by atoms with E-state index in [0.717, 1.165) is 50.3 Å². The number of anilines is 1. The summed E-state index contributed by atoms with van der Waals surface area (Å²) in [5.74, 6) is 0.759. The highest BCUT2D eigenvalue weighted by Gasteiger charge is 2.15. The molecule has 0 saturated carbocycles. The molecule has 8 heteroatoms. The number of carbonyl (C=O) groups excluding carboxylic acids is 1. The highest BCUT2D eigenvalue weighted by atomic mass is 32.1. The maximum Gasteiger partial charge on any atom is 0.257 e. The number of hydrogen-bond donors (Lipinski definition) is 1. The van der Waals surface area contributed by atoms with Crippen molar-refractivity contribution < 1.29 is 18.7 Å². The predicted octanol–water partition coefficient (Wildman–Crippen LogP) is 7.32. The average Bonchev–Trinajstić information content (AvgIpc) is 3.03. The maximum absolute atomic E-state index is 13.7. The van der Waals surface area contributed by atoms with Gasteiger partial charge in [0.25, 0.3) is 5.91 Å². The largest absolute Gasteiger partial charge is 0.493 e. The molecule has 222 valence electrons. The van der Waals surface area contributed by atoms with Crippen LogP contribution in [-0.2, 0) is 12.8 Å². The summed E-state index contributed by atoms with van der Waals surface area (Å²) in [6.45, 7) is 1.98. The van der Waals surface area contributed by atoms with Crippen molar-refractivity contribution in [3.8, 4) is 11.5 Å². The van der Waals surface area contributed by atoms with Crippen molar-refractivity contribution in [3.63, 3.8) is 0 Å². The molecule has 0 saturated heterocycles. The van der Waals surface area contributed by atoms with Crippen LogP contribution >= 0.6 is 11.3 Å². The van der Waals surface area contributed by atoms with Gasteiger partial charge in [-0.2, -0.15) is 0 Å². The maximum atomic E-state index is 13.7. The highest BCUT2D eigenvalue weighted by molar-refractivity contribution is 7.24. The lowest BCUT2D eigenvalue weighted by molar-refractivity contribution is 0.102. The number of fused-ring (bicyclic) bond motifs is 2. The molecule has 1 amide bonds. The first-order valence-electron chi connectivity index (χ1n) is 14.3. The van der Waals surface area contributed by atoms with Gasteiger partial charge in [0.1, 0.15) is 5.82 Å². The Kier molecular flexibility index (Phi) is 9.69. The van der Waals surface area contributed by atoms with Gasteiger partial charge in [-0.15, -0.1) is 11.3 Å². The molecular formula is C35H35FN2O4S. The van der Waals surface area contributed by atoms with Gasteiger partial charge < -0.3 is 19.7 Å². The Morgan fingerprint density at radius 1 is 0.837 bits per heavy atom. The molecule has 0 bridgehead atoms. The van der Waals surface area contributed by atoms with E-state index in [-0.39, 0.29) is 11.3 Å². The Morgan fingerprint density at radius 3 is 2.37 bits per heavy atom. The number of unbranched alkanes of at least 4 members (excludes halogenated alkanes) is 1. The van der Waals surface area contributed by atoms with Gasteiger partial charge in [-0.1, -0.05) is 24.3 Å². The number of aryl methyl sites for hydroxylation is 1. The molecule has 0 spiro atoms. The summed E-state index contributed by atoms with van der Waals surface area (Å²) in [7, 11) is 5.45. The molecule has 43 heavy (non-hydrogen) atoms. The minimum atomic E-state index is -0.455. The summed E-state index contributed by atoms with van der Waals surface area (Å²) in [6, 6.07) is 23.2. The Labute approximate surface area is 254 Å². The molecular weight excluding hydrogens is 563 g/mol. The van der Waals surface area contributed by atoms with Gasteiger partial charge in [0, 0.05) is 27.7 Å². The molecule has 0 radical (unpaired) electrons. The molecule has 0 aliphatic heterocycles. The molecule has 5 aromatic rings. The van der Waals surface area contributed by atoms with Crippen LogP contribution in [0.3, 0.4) is 0 Å². The van der Waals surface area contributed by atoms with Crippen LogP contribution in [0.5, 0.6) is 11.5 Å². The first kappa shape index (κ1) is 30.2. The molecule has 4 aromatic carbocycles. The molecule has 5 rings (SSSR count). The van der Waals surface area contributed by atoms with E-state index in [0.29, 0.717) is 31.4 Å². The van der Waals surface area contributed by atoms with Crippen molar-refractivity contribution in [3.05, 3.63) is 112 Å². The average molecular weight is 599 g/mol. The Bertz CT molecular complexity index is 1800. The lowest BCUT2D eigenvalue weighted by atomic mass is 10.1. The van der Waals surface area contributed by atoms with Gasteiger partial charge >= 0.3 is 0 Å². The molecule has 0 fully saturated rings. The zero-order valence-electron chi connectivity index (χ0n) is 24.6. The van der Waals surface area contributed by atoms with Crippen LogP contribution < -0.4 is 20.2 Å². The molecule has 1 N–H and O–H groups in total. The van der Waals surface area contributed by atoms with Crippen LogP contribution in [0.15, 0.2) is 83.7 Å². The zero-order valence-corrected chi connectivity index (χ0v) is 25.4. The number of ether oxygens (including phenoxy) is 2. The Hall–Kier alpha value is -4.27. The molecule has 0 aliphatic carbocycles. The van der Waals surface area contributed by atoms with Crippen molar-refractivity contribution >= 4 is 43.1 Å². The zero-order chi connectivity index (χ0) is 30.3. The van der Waals surface area contributed by atoms with Gasteiger partial charge in [0.2, 0.25) is 0 Å². The summed E-state index contributed by atoms with van der Waals surface area (Å²) in [5, 5.41) is 3.70. The number of nitrogens with zero attached hydrogens (tertiary/aromatic N) is 1. The highest BCUT2D eigenvalue weighted by Crippen LogP contribution is 2.29. The minimum absolute atomic E-state index is 0.272. The van der Waals surface area contributed by atoms with Crippen LogP contribution in [0, 0.1) is 5.82 Å². The van der Waals surface area contributed by atoms with Gasteiger partial charge in [-0.25, -0.2) is 4.39 Å². The van der Waals surface area contributed by atoms with Crippen molar-refractivity contribution in [2.75, 3.05) is 39.7 Å². The van der Waals surface area contributed by atoms with Crippen molar-refractivity contribution in [2.24, 2.45) is 0 Å².